The summed E-state index contributed by atoms with van der Waals surface area (Å²) in [4.78, 5) is 24.1. The maximum atomic E-state index is 11.3. The van der Waals surface area contributed by atoms with Crippen LogP contribution in [0.2, 0.25) is 0 Å². The van der Waals surface area contributed by atoms with Gasteiger partial charge in [-0.2, -0.15) is 12.6 Å². The van der Waals surface area contributed by atoms with Crippen molar-refractivity contribution in [3.8, 4) is 0 Å². The van der Waals surface area contributed by atoms with Crippen LogP contribution in [0.25, 0.3) is 0 Å². The van der Waals surface area contributed by atoms with E-state index in [4.69, 9.17) is 0 Å². The molecule has 1 heterocycles. The van der Waals surface area contributed by atoms with E-state index in [0.29, 0.717) is 6.42 Å². The summed E-state index contributed by atoms with van der Waals surface area (Å²) >= 11 is 4.12. The van der Waals surface area contributed by atoms with Crippen LogP contribution in [-0.2, 0) is 9.59 Å². The predicted molar refractivity (Wildman–Crippen MR) is 85.8 cm³/mol. The molecule has 0 aromatic heterocycles. The molecule has 0 aromatic carbocycles. The zero-order valence-electron chi connectivity index (χ0n) is 13.6. The Bertz CT molecular complexity index is 266. The van der Waals surface area contributed by atoms with Gasteiger partial charge in [0.2, 0.25) is 5.91 Å². The molecule has 0 aromatic rings. The SMILES string of the molecule is CC.CC(C)(C)S.CCC(=O)N1CCCC1C(C)=O. The van der Waals surface area contributed by atoms with Crippen molar-refractivity contribution in [2.24, 2.45) is 0 Å². The molecule has 1 rings (SSSR count). The summed E-state index contributed by atoms with van der Waals surface area (Å²) in [6.07, 6.45) is 2.32. The molecule has 3 nitrogen and oxygen atoms in total. The molecule has 1 aliphatic heterocycles. The molecule has 1 aliphatic rings. The van der Waals surface area contributed by atoms with Crippen molar-refractivity contribution in [3.63, 3.8) is 0 Å². The van der Waals surface area contributed by atoms with E-state index in [0.717, 1.165) is 19.4 Å². The summed E-state index contributed by atoms with van der Waals surface area (Å²) in [5, 5.41) is 0. The summed E-state index contributed by atoms with van der Waals surface area (Å²) in [7, 11) is 0. The van der Waals surface area contributed by atoms with E-state index in [1.54, 1.807) is 11.8 Å². The Morgan fingerprint density at radius 3 is 2.00 bits per heavy atom. The molecule has 19 heavy (non-hydrogen) atoms. The van der Waals surface area contributed by atoms with Crippen molar-refractivity contribution in [2.75, 3.05) is 6.54 Å². The Labute approximate surface area is 124 Å². The Kier molecular flexibility index (Phi) is 11.3. The minimum Gasteiger partial charge on any atom is -0.333 e. The highest BCUT2D eigenvalue weighted by molar-refractivity contribution is 7.81. The van der Waals surface area contributed by atoms with Crippen LogP contribution in [0.5, 0.6) is 0 Å². The first kappa shape index (κ1) is 20.8. The quantitative estimate of drug-likeness (QED) is 0.787. The molecule has 4 heteroatoms. The fourth-order valence-electron chi connectivity index (χ4n) is 1.69. The number of thiol groups is 1. The van der Waals surface area contributed by atoms with Crippen LogP contribution in [0.15, 0.2) is 0 Å². The minimum absolute atomic E-state index is 0.104. The Hall–Kier alpha value is -0.510. The lowest BCUT2D eigenvalue weighted by Crippen LogP contribution is -2.39. The number of amides is 1. The van der Waals surface area contributed by atoms with Gasteiger partial charge >= 0.3 is 0 Å². The van der Waals surface area contributed by atoms with Crippen LogP contribution in [0, 0.1) is 0 Å². The first-order valence-corrected chi connectivity index (χ1v) is 7.63. The Morgan fingerprint density at radius 1 is 1.26 bits per heavy atom. The van der Waals surface area contributed by atoms with Crippen LogP contribution >= 0.6 is 12.6 Å². The normalized spacial score (nSPS) is 17.9. The third kappa shape index (κ3) is 11.0. The number of ketones is 1. The third-order valence-electron chi connectivity index (χ3n) is 2.34. The van der Waals surface area contributed by atoms with Crippen molar-refractivity contribution in [2.45, 2.75) is 78.5 Å². The largest absolute Gasteiger partial charge is 0.333 e. The summed E-state index contributed by atoms with van der Waals surface area (Å²) in [6, 6.07) is -0.127. The summed E-state index contributed by atoms with van der Waals surface area (Å²) in [6.45, 7) is 14.3. The van der Waals surface area contributed by atoms with Crippen molar-refractivity contribution in [1.82, 2.24) is 4.90 Å². The molecule has 0 radical (unpaired) electrons. The number of Topliss-reactive ketones (excluding diaryl/α,β-unsaturated/α-hetero) is 1. The fourth-order valence-corrected chi connectivity index (χ4v) is 1.69. The smallest absolute Gasteiger partial charge is 0.222 e. The van der Waals surface area contributed by atoms with Crippen molar-refractivity contribution in [1.29, 1.82) is 0 Å². The summed E-state index contributed by atoms with van der Waals surface area (Å²) < 4.78 is 0.194. The average Bonchev–Trinajstić information content (AvgIpc) is 2.77. The van der Waals surface area contributed by atoms with Crippen LogP contribution in [0.3, 0.4) is 0 Å². The first-order valence-electron chi connectivity index (χ1n) is 7.19. The Morgan fingerprint density at radius 2 is 1.68 bits per heavy atom. The van der Waals surface area contributed by atoms with E-state index >= 15 is 0 Å². The number of hydrogen-bond donors (Lipinski definition) is 1. The van der Waals surface area contributed by atoms with Crippen LogP contribution < -0.4 is 0 Å². The van der Waals surface area contributed by atoms with Gasteiger partial charge in [-0.05, 0) is 19.8 Å². The highest BCUT2D eigenvalue weighted by Crippen LogP contribution is 2.18. The van der Waals surface area contributed by atoms with Crippen LogP contribution in [0.1, 0.15) is 67.7 Å². The number of hydrogen-bond acceptors (Lipinski definition) is 3. The molecule has 114 valence electrons. The maximum absolute atomic E-state index is 11.3. The standard InChI is InChI=1S/C9H15NO2.C4H10S.C2H6/c1-3-9(12)10-6-4-5-8(10)7(2)11;1-4(2,3)5;1-2/h8H,3-6H2,1-2H3;5H,1-3H3;1-2H3. The van der Waals surface area contributed by atoms with Gasteiger partial charge < -0.3 is 4.90 Å². The van der Waals surface area contributed by atoms with Gasteiger partial charge in [-0.25, -0.2) is 0 Å². The van der Waals surface area contributed by atoms with Crippen molar-refractivity contribution >= 4 is 24.3 Å². The molecule has 0 N–H and O–H groups in total. The summed E-state index contributed by atoms with van der Waals surface area (Å²) in [5.41, 5.74) is 0. The van der Waals surface area contributed by atoms with Gasteiger partial charge in [0.15, 0.2) is 5.78 Å². The average molecular weight is 289 g/mol. The van der Waals surface area contributed by atoms with Crippen LogP contribution in [-0.4, -0.2) is 33.9 Å². The number of nitrogens with zero attached hydrogens (tertiary/aromatic N) is 1. The van der Waals surface area contributed by atoms with E-state index in [9.17, 15) is 9.59 Å². The van der Waals surface area contributed by atoms with Gasteiger partial charge in [0, 0.05) is 17.7 Å². The van der Waals surface area contributed by atoms with E-state index in [2.05, 4.69) is 33.4 Å². The molecular formula is C15H31NO2S. The molecule has 1 amide bonds. The highest BCUT2D eigenvalue weighted by Gasteiger charge is 2.30. The third-order valence-corrected chi connectivity index (χ3v) is 2.34. The van der Waals surface area contributed by atoms with Crippen molar-refractivity contribution in [3.05, 3.63) is 0 Å². The molecule has 0 bridgehead atoms. The van der Waals surface area contributed by atoms with Gasteiger partial charge in [0.25, 0.3) is 0 Å². The molecule has 1 atom stereocenters. The van der Waals surface area contributed by atoms with Gasteiger partial charge in [0.1, 0.15) is 0 Å². The number of rotatable bonds is 2. The zero-order chi connectivity index (χ0) is 15.6. The molecule has 0 spiro atoms. The highest BCUT2D eigenvalue weighted by atomic mass is 32.1. The van der Waals surface area contributed by atoms with E-state index in [1.807, 2.05) is 20.8 Å². The fraction of sp³-hybridized carbons (Fsp3) is 0.867. The lowest BCUT2D eigenvalue weighted by molar-refractivity contribution is -0.136. The van der Waals surface area contributed by atoms with E-state index in [-0.39, 0.29) is 22.5 Å². The minimum atomic E-state index is -0.127. The molecule has 1 saturated heterocycles. The first-order chi connectivity index (χ1) is 8.66. The lowest BCUT2D eigenvalue weighted by atomic mass is 10.1. The lowest BCUT2D eigenvalue weighted by Gasteiger charge is -2.21. The molecule has 1 unspecified atom stereocenters. The van der Waals surface area contributed by atoms with Crippen molar-refractivity contribution < 1.29 is 9.59 Å². The van der Waals surface area contributed by atoms with Gasteiger partial charge in [-0.3, -0.25) is 9.59 Å². The predicted octanol–water partition coefficient (Wildman–Crippen LogP) is 3.72. The molecule has 1 fully saturated rings. The second kappa shape index (κ2) is 10.3. The second-order valence-electron chi connectivity index (χ2n) is 5.38. The number of likely N-dealkylation sites (tertiary alicyclic amines) is 1. The van der Waals surface area contributed by atoms with E-state index < -0.39 is 0 Å². The topological polar surface area (TPSA) is 37.4 Å². The Balaban J connectivity index is 0. The number of carbonyl (C=O) groups is 2. The molecular weight excluding hydrogens is 258 g/mol. The van der Waals surface area contributed by atoms with Gasteiger partial charge in [0.05, 0.1) is 6.04 Å². The molecule has 0 aliphatic carbocycles. The number of carbonyl (C=O) groups excluding carboxylic acids is 2. The summed E-state index contributed by atoms with van der Waals surface area (Å²) in [5.74, 6) is 0.224. The second-order valence-corrected chi connectivity index (χ2v) is 6.72. The van der Waals surface area contributed by atoms with Gasteiger partial charge in [-0.1, -0.05) is 41.5 Å². The molecule has 0 saturated carbocycles. The zero-order valence-corrected chi connectivity index (χ0v) is 14.5. The monoisotopic (exact) mass is 289 g/mol. The van der Waals surface area contributed by atoms with E-state index in [1.165, 1.54) is 0 Å². The maximum Gasteiger partial charge on any atom is 0.222 e. The van der Waals surface area contributed by atoms with Crippen LogP contribution in [0.4, 0.5) is 0 Å². The van der Waals surface area contributed by atoms with Gasteiger partial charge in [-0.15, -0.1) is 0 Å².